The summed E-state index contributed by atoms with van der Waals surface area (Å²) in [7, 11) is 0. The molecule has 1 N–H and O–H groups in total. The van der Waals surface area contributed by atoms with Crippen molar-refractivity contribution in [1.29, 1.82) is 0 Å². The van der Waals surface area contributed by atoms with Crippen LogP contribution in [0.25, 0.3) is 22.5 Å². The van der Waals surface area contributed by atoms with Gasteiger partial charge in [0, 0.05) is 23.8 Å². The summed E-state index contributed by atoms with van der Waals surface area (Å²) >= 11 is 0. The molecule has 6 rings (SSSR count). The standard InChI is InChI=1S/C29H28N8O3/c1-19-10-11-25(40-19)28-33-35-36(34-28)18-26(38)37(23-16-21-6-2-5-9-24(21)31-17-23)27(20-12-14-30-15-13-20)29(39)32-22-7-3-4-8-22/h2,5-6,9-17,22,27H,3-4,7-8,18H2,1H3,(H,32,39)/t27-/m0/s1. The number of pyridine rings is 2. The minimum atomic E-state index is -0.963. The Kier molecular flexibility index (Phi) is 7.00. The van der Waals surface area contributed by atoms with Crippen LogP contribution in [0.3, 0.4) is 0 Å². The third-order valence-corrected chi connectivity index (χ3v) is 7.04. The fourth-order valence-electron chi connectivity index (χ4n) is 5.10. The number of furan rings is 1. The van der Waals surface area contributed by atoms with Crippen LogP contribution in [0.4, 0.5) is 5.69 Å². The van der Waals surface area contributed by atoms with Gasteiger partial charge in [0.15, 0.2) is 5.76 Å². The Hall–Kier alpha value is -4.93. The average Bonchev–Trinajstić information content (AvgIpc) is 3.75. The molecule has 1 saturated carbocycles. The van der Waals surface area contributed by atoms with Gasteiger partial charge >= 0.3 is 0 Å². The summed E-state index contributed by atoms with van der Waals surface area (Å²) in [6, 6.07) is 15.7. The molecule has 202 valence electrons. The smallest absolute Gasteiger partial charge is 0.251 e. The number of para-hydroxylation sites is 1. The number of carbonyl (C=O) groups is 2. The number of hydrogen-bond acceptors (Lipinski definition) is 8. The zero-order valence-electron chi connectivity index (χ0n) is 22.0. The van der Waals surface area contributed by atoms with E-state index in [2.05, 4.69) is 30.7 Å². The lowest BCUT2D eigenvalue weighted by Crippen LogP contribution is -2.47. The molecular weight excluding hydrogens is 508 g/mol. The molecule has 0 saturated heterocycles. The van der Waals surface area contributed by atoms with Crippen molar-refractivity contribution in [1.82, 2.24) is 35.5 Å². The van der Waals surface area contributed by atoms with Crippen LogP contribution in [0, 0.1) is 6.92 Å². The Bertz CT molecular complexity index is 1640. The van der Waals surface area contributed by atoms with Crippen molar-refractivity contribution in [3.05, 3.63) is 84.5 Å². The second kappa shape index (κ2) is 11.0. The molecule has 1 atom stereocenters. The first-order valence-electron chi connectivity index (χ1n) is 13.3. The molecule has 0 aliphatic heterocycles. The second-order valence-corrected chi connectivity index (χ2v) is 9.88. The van der Waals surface area contributed by atoms with E-state index in [-0.39, 0.29) is 24.3 Å². The van der Waals surface area contributed by atoms with Crippen molar-refractivity contribution in [2.24, 2.45) is 0 Å². The molecule has 1 fully saturated rings. The average molecular weight is 537 g/mol. The highest BCUT2D eigenvalue weighted by Gasteiger charge is 2.35. The number of aromatic nitrogens is 6. The third-order valence-electron chi connectivity index (χ3n) is 7.04. The fraction of sp³-hybridized carbons (Fsp3) is 0.276. The predicted octanol–water partition coefficient (Wildman–Crippen LogP) is 4.02. The molecule has 0 bridgehead atoms. The van der Waals surface area contributed by atoms with Crippen LogP contribution in [-0.2, 0) is 16.1 Å². The zero-order chi connectivity index (χ0) is 27.5. The van der Waals surface area contributed by atoms with Gasteiger partial charge in [-0.25, -0.2) is 0 Å². The van der Waals surface area contributed by atoms with Gasteiger partial charge in [0.05, 0.1) is 17.4 Å². The van der Waals surface area contributed by atoms with E-state index in [1.807, 2.05) is 37.3 Å². The monoisotopic (exact) mass is 536 g/mol. The van der Waals surface area contributed by atoms with Gasteiger partial charge in [-0.1, -0.05) is 31.0 Å². The molecule has 11 heteroatoms. The van der Waals surface area contributed by atoms with Crippen LogP contribution in [0.2, 0.25) is 0 Å². The van der Waals surface area contributed by atoms with Crippen LogP contribution in [0.15, 0.2) is 77.6 Å². The summed E-state index contributed by atoms with van der Waals surface area (Å²) < 4.78 is 5.60. The molecule has 0 spiro atoms. The fourth-order valence-corrected chi connectivity index (χ4v) is 5.10. The second-order valence-electron chi connectivity index (χ2n) is 9.88. The Balaban J connectivity index is 1.39. The lowest BCUT2D eigenvalue weighted by atomic mass is 10.0. The number of rotatable bonds is 8. The first-order chi connectivity index (χ1) is 19.5. The summed E-state index contributed by atoms with van der Waals surface area (Å²) in [6.07, 6.45) is 8.81. The minimum Gasteiger partial charge on any atom is -0.458 e. The van der Waals surface area contributed by atoms with E-state index in [0.29, 0.717) is 22.8 Å². The van der Waals surface area contributed by atoms with Gasteiger partial charge in [0.2, 0.25) is 11.7 Å². The normalized spacial score (nSPS) is 14.3. The van der Waals surface area contributed by atoms with Crippen LogP contribution in [-0.4, -0.2) is 48.0 Å². The molecular formula is C29H28N8O3. The van der Waals surface area contributed by atoms with Gasteiger partial charge in [-0.3, -0.25) is 24.5 Å². The summed E-state index contributed by atoms with van der Waals surface area (Å²) in [5.74, 6) is 0.769. The first kappa shape index (κ1) is 25.4. The van der Waals surface area contributed by atoms with E-state index >= 15 is 0 Å². The molecule has 4 aromatic heterocycles. The number of hydrogen-bond donors (Lipinski definition) is 1. The van der Waals surface area contributed by atoms with Crippen molar-refractivity contribution >= 4 is 28.4 Å². The van der Waals surface area contributed by atoms with Gasteiger partial charge in [-0.2, -0.15) is 4.80 Å². The van der Waals surface area contributed by atoms with Crippen molar-refractivity contribution < 1.29 is 14.0 Å². The highest BCUT2D eigenvalue weighted by molar-refractivity contribution is 6.02. The predicted molar refractivity (Wildman–Crippen MR) is 147 cm³/mol. The van der Waals surface area contributed by atoms with Gasteiger partial charge in [0.25, 0.3) is 5.91 Å². The minimum absolute atomic E-state index is 0.0693. The van der Waals surface area contributed by atoms with Crippen molar-refractivity contribution in [2.45, 2.75) is 51.2 Å². The number of benzene rings is 1. The van der Waals surface area contributed by atoms with Crippen LogP contribution in [0.1, 0.15) is 43.0 Å². The highest BCUT2D eigenvalue weighted by Crippen LogP contribution is 2.31. The Morgan fingerprint density at radius 2 is 1.90 bits per heavy atom. The number of amides is 2. The molecule has 1 aromatic carbocycles. The zero-order valence-corrected chi connectivity index (χ0v) is 22.0. The van der Waals surface area contributed by atoms with Crippen LogP contribution in [0.5, 0.6) is 0 Å². The van der Waals surface area contributed by atoms with E-state index in [1.54, 1.807) is 42.9 Å². The Morgan fingerprint density at radius 1 is 1.10 bits per heavy atom. The lowest BCUT2D eigenvalue weighted by molar-refractivity contribution is -0.127. The SMILES string of the molecule is Cc1ccc(-c2nnn(CC(=O)N(c3cnc4ccccc4c3)[C@H](C(=O)NC3CCCC3)c3ccncc3)n2)o1. The molecule has 0 radical (unpaired) electrons. The van der Waals surface area contributed by atoms with Crippen molar-refractivity contribution in [3.63, 3.8) is 0 Å². The van der Waals surface area contributed by atoms with E-state index < -0.39 is 11.9 Å². The number of nitrogens with zero attached hydrogens (tertiary/aromatic N) is 7. The lowest BCUT2D eigenvalue weighted by Gasteiger charge is -2.32. The van der Waals surface area contributed by atoms with E-state index in [4.69, 9.17) is 4.42 Å². The summed E-state index contributed by atoms with van der Waals surface area (Å²) in [6.45, 7) is 1.57. The van der Waals surface area contributed by atoms with Gasteiger partial charge in [-0.15, -0.1) is 10.2 Å². The van der Waals surface area contributed by atoms with E-state index in [1.165, 1.54) is 9.70 Å². The number of aryl methyl sites for hydroxylation is 1. The van der Waals surface area contributed by atoms with Crippen molar-refractivity contribution in [3.8, 4) is 11.6 Å². The van der Waals surface area contributed by atoms with Gasteiger partial charge in [-0.05, 0) is 66.9 Å². The number of nitrogens with one attached hydrogen (secondary N) is 1. The maximum Gasteiger partial charge on any atom is 0.251 e. The number of anilines is 1. The Morgan fingerprint density at radius 3 is 2.67 bits per heavy atom. The van der Waals surface area contributed by atoms with E-state index in [0.717, 1.165) is 36.6 Å². The largest absolute Gasteiger partial charge is 0.458 e. The Labute approximate surface area is 230 Å². The maximum atomic E-state index is 14.1. The topological polar surface area (TPSA) is 132 Å². The van der Waals surface area contributed by atoms with Crippen LogP contribution < -0.4 is 10.2 Å². The quantitative estimate of drug-likeness (QED) is 0.315. The summed E-state index contributed by atoms with van der Waals surface area (Å²) in [4.78, 5) is 39.4. The van der Waals surface area contributed by atoms with E-state index in [9.17, 15) is 9.59 Å². The first-order valence-corrected chi connectivity index (χ1v) is 13.3. The van der Waals surface area contributed by atoms with Gasteiger partial charge < -0.3 is 9.73 Å². The van der Waals surface area contributed by atoms with Crippen LogP contribution >= 0.6 is 0 Å². The third kappa shape index (κ3) is 5.31. The molecule has 40 heavy (non-hydrogen) atoms. The summed E-state index contributed by atoms with van der Waals surface area (Å²) in [5.41, 5.74) is 1.89. The molecule has 11 nitrogen and oxygen atoms in total. The number of tetrazole rings is 1. The maximum absolute atomic E-state index is 14.1. The molecule has 1 aliphatic rings. The molecule has 0 unspecified atom stereocenters. The number of fused-ring (bicyclic) bond motifs is 1. The van der Waals surface area contributed by atoms with Gasteiger partial charge in [0.1, 0.15) is 18.3 Å². The highest BCUT2D eigenvalue weighted by atomic mass is 16.3. The molecule has 1 aliphatic carbocycles. The molecule has 2 amide bonds. The molecule has 5 aromatic rings. The van der Waals surface area contributed by atoms with Crippen molar-refractivity contribution in [2.75, 3.05) is 4.90 Å². The number of carbonyl (C=O) groups excluding carboxylic acids is 2. The molecule has 4 heterocycles. The summed E-state index contributed by atoms with van der Waals surface area (Å²) in [5, 5.41) is 16.5.